The van der Waals surface area contributed by atoms with Gasteiger partial charge in [-0.1, -0.05) is 49.3 Å². The van der Waals surface area contributed by atoms with E-state index in [0.717, 1.165) is 24.1 Å². The van der Waals surface area contributed by atoms with E-state index in [1.54, 1.807) is 19.0 Å². The minimum Gasteiger partial charge on any atom is -0.361 e. The van der Waals surface area contributed by atoms with Crippen LogP contribution in [-0.2, 0) is 16.0 Å². The molecule has 1 fully saturated rings. The number of carbonyl (C=O) groups is 2. The molecule has 1 saturated heterocycles. The standard InChI is InChI=1S/C23H31N3O3/c1-17(2)13-21(27)26-12-8-11-23(16-26,22(28)25(3)4)15-19-14-20(24-29-19)18-9-6-5-7-10-18/h5-7,9-10,14,17H,8,11-13,15-16H2,1-4H3. The first kappa shape index (κ1) is 21.1. The van der Waals surface area contributed by atoms with Crippen molar-refractivity contribution in [2.45, 2.75) is 39.5 Å². The van der Waals surface area contributed by atoms with E-state index in [9.17, 15) is 9.59 Å². The van der Waals surface area contributed by atoms with Gasteiger partial charge in [-0.25, -0.2) is 0 Å². The Kier molecular flexibility index (Phi) is 6.40. The van der Waals surface area contributed by atoms with Crippen LogP contribution < -0.4 is 0 Å². The van der Waals surface area contributed by atoms with Crippen molar-refractivity contribution >= 4 is 11.8 Å². The van der Waals surface area contributed by atoms with Crippen LogP contribution in [-0.4, -0.2) is 54.0 Å². The molecule has 6 heteroatoms. The quantitative estimate of drug-likeness (QED) is 0.747. The lowest BCUT2D eigenvalue weighted by Crippen LogP contribution is -2.54. The van der Waals surface area contributed by atoms with Crippen LogP contribution in [0.2, 0.25) is 0 Å². The Balaban J connectivity index is 1.85. The normalized spacial score (nSPS) is 19.4. The van der Waals surface area contributed by atoms with Crippen molar-refractivity contribution in [3.8, 4) is 11.3 Å². The second-order valence-corrected chi connectivity index (χ2v) is 8.72. The summed E-state index contributed by atoms with van der Waals surface area (Å²) in [6.45, 7) is 5.22. The summed E-state index contributed by atoms with van der Waals surface area (Å²) >= 11 is 0. The number of hydrogen-bond acceptors (Lipinski definition) is 4. The summed E-state index contributed by atoms with van der Waals surface area (Å²) in [7, 11) is 3.55. The van der Waals surface area contributed by atoms with E-state index in [1.807, 2.05) is 55.1 Å². The van der Waals surface area contributed by atoms with Gasteiger partial charge in [0.15, 0.2) is 0 Å². The number of rotatable bonds is 6. The predicted molar refractivity (Wildman–Crippen MR) is 112 cm³/mol. The number of carbonyl (C=O) groups excluding carboxylic acids is 2. The molecule has 1 atom stereocenters. The van der Waals surface area contributed by atoms with Gasteiger partial charge in [0, 0.05) is 51.7 Å². The fourth-order valence-corrected chi connectivity index (χ4v) is 4.17. The molecule has 1 unspecified atom stereocenters. The van der Waals surface area contributed by atoms with Crippen molar-refractivity contribution in [2.24, 2.45) is 11.3 Å². The van der Waals surface area contributed by atoms with Crippen LogP contribution in [0.1, 0.15) is 38.9 Å². The molecule has 0 aliphatic carbocycles. The molecule has 0 spiro atoms. The zero-order valence-electron chi connectivity index (χ0n) is 17.9. The van der Waals surface area contributed by atoms with Crippen molar-refractivity contribution in [1.29, 1.82) is 0 Å². The number of piperidine rings is 1. The number of benzene rings is 1. The van der Waals surface area contributed by atoms with Gasteiger partial charge in [-0.2, -0.15) is 0 Å². The number of hydrogen-bond donors (Lipinski definition) is 0. The molecule has 2 amide bonds. The SMILES string of the molecule is CC(C)CC(=O)N1CCCC(Cc2cc(-c3ccccc3)no2)(C(=O)N(C)C)C1. The van der Waals surface area contributed by atoms with Gasteiger partial charge < -0.3 is 14.3 Å². The Morgan fingerprint density at radius 3 is 2.62 bits per heavy atom. The zero-order valence-corrected chi connectivity index (χ0v) is 17.9. The van der Waals surface area contributed by atoms with Crippen LogP contribution in [0.3, 0.4) is 0 Å². The molecule has 3 rings (SSSR count). The largest absolute Gasteiger partial charge is 0.361 e. The Bertz CT molecular complexity index is 844. The first-order chi connectivity index (χ1) is 13.8. The van der Waals surface area contributed by atoms with Crippen LogP contribution in [0, 0.1) is 11.3 Å². The van der Waals surface area contributed by atoms with Crippen LogP contribution in [0.25, 0.3) is 11.3 Å². The molecule has 0 saturated carbocycles. The molecule has 1 aromatic heterocycles. The molecule has 2 heterocycles. The molecule has 29 heavy (non-hydrogen) atoms. The lowest BCUT2D eigenvalue weighted by Gasteiger charge is -2.42. The van der Waals surface area contributed by atoms with Gasteiger partial charge in [0.25, 0.3) is 0 Å². The maximum absolute atomic E-state index is 13.2. The minimum absolute atomic E-state index is 0.0391. The first-order valence-electron chi connectivity index (χ1n) is 10.3. The van der Waals surface area contributed by atoms with E-state index in [1.165, 1.54) is 0 Å². The highest BCUT2D eigenvalue weighted by Crippen LogP contribution is 2.36. The van der Waals surface area contributed by atoms with Gasteiger partial charge in [0.05, 0.1) is 5.41 Å². The topological polar surface area (TPSA) is 66.7 Å². The third kappa shape index (κ3) is 4.86. The van der Waals surface area contributed by atoms with E-state index in [0.29, 0.717) is 37.6 Å². The molecule has 1 aromatic carbocycles. The summed E-state index contributed by atoms with van der Waals surface area (Å²) in [6.07, 6.45) is 2.49. The summed E-state index contributed by atoms with van der Waals surface area (Å²) in [6, 6.07) is 11.7. The third-order valence-electron chi connectivity index (χ3n) is 5.51. The zero-order chi connectivity index (χ0) is 21.0. The average molecular weight is 398 g/mol. The van der Waals surface area contributed by atoms with Gasteiger partial charge in [-0.3, -0.25) is 9.59 Å². The summed E-state index contributed by atoms with van der Waals surface area (Å²) < 4.78 is 5.61. The smallest absolute Gasteiger partial charge is 0.230 e. The van der Waals surface area contributed by atoms with Crippen molar-refractivity contribution in [3.05, 3.63) is 42.2 Å². The number of likely N-dealkylation sites (tertiary alicyclic amines) is 1. The molecule has 1 aliphatic rings. The molecule has 156 valence electrons. The van der Waals surface area contributed by atoms with Crippen LogP contribution in [0.4, 0.5) is 0 Å². The van der Waals surface area contributed by atoms with Crippen LogP contribution in [0.15, 0.2) is 40.9 Å². The van der Waals surface area contributed by atoms with Crippen molar-refractivity contribution in [2.75, 3.05) is 27.2 Å². The molecular formula is C23H31N3O3. The van der Waals surface area contributed by atoms with Crippen molar-refractivity contribution in [1.82, 2.24) is 15.0 Å². The molecule has 0 bridgehead atoms. The summed E-state index contributed by atoms with van der Waals surface area (Å²) in [5.74, 6) is 1.14. The highest BCUT2D eigenvalue weighted by Gasteiger charge is 2.45. The summed E-state index contributed by atoms with van der Waals surface area (Å²) in [5, 5.41) is 4.20. The molecule has 2 aromatic rings. The van der Waals surface area contributed by atoms with Gasteiger partial charge in [-0.05, 0) is 18.8 Å². The molecular weight excluding hydrogens is 366 g/mol. The lowest BCUT2D eigenvalue weighted by atomic mass is 9.75. The molecule has 0 radical (unpaired) electrons. The Labute approximate surface area is 172 Å². The Morgan fingerprint density at radius 2 is 1.97 bits per heavy atom. The lowest BCUT2D eigenvalue weighted by molar-refractivity contribution is -0.147. The van der Waals surface area contributed by atoms with E-state index >= 15 is 0 Å². The summed E-state index contributed by atoms with van der Waals surface area (Å²) in [5.41, 5.74) is 1.06. The van der Waals surface area contributed by atoms with E-state index < -0.39 is 5.41 Å². The van der Waals surface area contributed by atoms with E-state index in [-0.39, 0.29) is 11.8 Å². The Hall–Kier alpha value is -2.63. The van der Waals surface area contributed by atoms with Gasteiger partial charge in [0.1, 0.15) is 11.5 Å². The fourth-order valence-electron chi connectivity index (χ4n) is 4.17. The van der Waals surface area contributed by atoms with Gasteiger partial charge in [0.2, 0.25) is 11.8 Å². The van der Waals surface area contributed by atoms with Crippen molar-refractivity contribution < 1.29 is 14.1 Å². The highest BCUT2D eigenvalue weighted by atomic mass is 16.5. The Morgan fingerprint density at radius 1 is 1.24 bits per heavy atom. The highest BCUT2D eigenvalue weighted by molar-refractivity contribution is 5.84. The first-order valence-corrected chi connectivity index (χ1v) is 10.3. The monoisotopic (exact) mass is 397 g/mol. The van der Waals surface area contributed by atoms with E-state index in [4.69, 9.17) is 4.52 Å². The maximum atomic E-state index is 13.2. The minimum atomic E-state index is -0.679. The van der Waals surface area contributed by atoms with Crippen molar-refractivity contribution in [3.63, 3.8) is 0 Å². The second-order valence-electron chi connectivity index (χ2n) is 8.72. The van der Waals surface area contributed by atoms with Crippen LogP contribution in [0.5, 0.6) is 0 Å². The van der Waals surface area contributed by atoms with Crippen LogP contribution >= 0.6 is 0 Å². The third-order valence-corrected chi connectivity index (χ3v) is 5.51. The molecule has 6 nitrogen and oxygen atoms in total. The number of nitrogens with zero attached hydrogens (tertiary/aromatic N) is 3. The maximum Gasteiger partial charge on any atom is 0.230 e. The van der Waals surface area contributed by atoms with Gasteiger partial charge >= 0.3 is 0 Å². The van der Waals surface area contributed by atoms with E-state index in [2.05, 4.69) is 5.16 Å². The fraction of sp³-hybridized carbons (Fsp3) is 0.522. The summed E-state index contributed by atoms with van der Waals surface area (Å²) in [4.78, 5) is 29.4. The number of aromatic nitrogens is 1. The molecule has 0 N–H and O–H groups in total. The second kappa shape index (κ2) is 8.80. The average Bonchev–Trinajstić information content (AvgIpc) is 3.16. The molecule has 1 aliphatic heterocycles. The van der Waals surface area contributed by atoms with Gasteiger partial charge in [-0.15, -0.1) is 0 Å². The predicted octanol–water partition coefficient (Wildman–Crippen LogP) is 3.63. The number of amides is 2.